The molecule has 0 aliphatic carbocycles. The highest BCUT2D eigenvalue weighted by Crippen LogP contribution is 2.18. The van der Waals surface area contributed by atoms with Gasteiger partial charge in [0.25, 0.3) is 0 Å². The molecule has 0 saturated heterocycles. The molecule has 0 radical (unpaired) electrons. The van der Waals surface area contributed by atoms with Gasteiger partial charge in [-0.1, -0.05) is 147 Å². The standard InChI is InChI=1S/C43H83NO3/c1-6-8-10-12-14-16-18-20-22-24-26-28-30-32-34-36-38-40(47-42(45)41(44)39-46-43(3,4)5)37-35-33-31-29-27-25-23-21-19-17-15-13-11-9-7-2/h20-23,40-41H,6-19,24-39,44H2,1-5H3/b22-20-,23-21-. The van der Waals surface area contributed by atoms with Gasteiger partial charge < -0.3 is 15.2 Å². The van der Waals surface area contributed by atoms with E-state index < -0.39 is 6.04 Å². The van der Waals surface area contributed by atoms with Crippen LogP contribution >= 0.6 is 0 Å². The predicted molar refractivity (Wildman–Crippen MR) is 207 cm³/mol. The second-order valence-corrected chi connectivity index (χ2v) is 15.2. The van der Waals surface area contributed by atoms with Gasteiger partial charge in [-0.15, -0.1) is 0 Å². The summed E-state index contributed by atoms with van der Waals surface area (Å²) in [6, 6.07) is -0.717. The largest absolute Gasteiger partial charge is 0.461 e. The van der Waals surface area contributed by atoms with E-state index in [0.717, 1.165) is 25.7 Å². The molecule has 0 aromatic carbocycles. The number of nitrogens with two attached hydrogens (primary N) is 1. The van der Waals surface area contributed by atoms with Crippen LogP contribution in [0.25, 0.3) is 0 Å². The van der Waals surface area contributed by atoms with Gasteiger partial charge in [0, 0.05) is 0 Å². The molecule has 4 nitrogen and oxygen atoms in total. The van der Waals surface area contributed by atoms with Crippen LogP contribution in [0, 0.1) is 0 Å². The summed E-state index contributed by atoms with van der Waals surface area (Å²) in [5.74, 6) is -0.309. The Labute approximate surface area is 294 Å². The van der Waals surface area contributed by atoms with Crippen LogP contribution in [0.4, 0.5) is 0 Å². The van der Waals surface area contributed by atoms with E-state index >= 15 is 0 Å². The SMILES string of the molecule is CCCCCCCC/C=C\CCCCCCCCC(CCCCCCC/C=C\CCCCCCCC)OC(=O)C(N)COC(C)(C)C. The molecular formula is C43H83NO3. The Bertz CT molecular complexity index is 710. The number of carbonyl (C=O) groups excluding carboxylic acids is 1. The third-order valence-electron chi connectivity index (χ3n) is 9.11. The number of esters is 1. The first-order chi connectivity index (χ1) is 22.8. The topological polar surface area (TPSA) is 61.5 Å². The minimum absolute atomic E-state index is 0.0233. The molecular weight excluding hydrogens is 578 g/mol. The van der Waals surface area contributed by atoms with Crippen molar-refractivity contribution in [2.24, 2.45) is 5.73 Å². The van der Waals surface area contributed by atoms with Crippen LogP contribution in [0.5, 0.6) is 0 Å². The van der Waals surface area contributed by atoms with Gasteiger partial charge in [-0.25, -0.2) is 0 Å². The average molecular weight is 662 g/mol. The van der Waals surface area contributed by atoms with Crippen molar-refractivity contribution in [3.05, 3.63) is 24.3 Å². The van der Waals surface area contributed by atoms with Gasteiger partial charge in [0.15, 0.2) is 0 Å². The number of unbranched alkanes of at least 4 members (excludes halogenated alkanes) is 23. The number of hydrogen-bond donors (Lipinski definition) is 1. The lowest BCUT2D eigenvalue weighted by Gasteiger charge is -2.24. The van der Waals surface area contributed by atoms with E-state index in [0.29, 0.717) is 0 Å². The molecule has 47 heavy (non-hydrogen) atoms. The fraction of sp³-hybridized carbons (Fsp3) is 0.884. The molecule has 278 valence electrons. The molecule has 2 N–H and O–H groups in total. The maximum absolute atomic E-state index is 12.8. The quantitative estimate of drug-likeness (QED) is 0.0417. The van der Waals surface area contributed by atoms with Crippen molar-refractivity contribution in [2.75, 3.05) is 6.61 Å². The first kappa shape index (κ1) is 45.9. The lowest BCUT2D eigenvalue weighted by Crippen LogP contribution is -2.41. The molecule has 2 unspecified atom stereocenters. The Balaban J connectivity index is 4.15. The summed E-state index contributed by atoms with van der Waals surface area (Å²) >= 11 is 0. The van der Waals surface area contributed by atoms with Crippen molar-refractivity contribution >= 4 is 5.97 Å². The lowest BCUT2D eigenvalue weighted by molar-refractivity contribution is -0.154. The Morgan fingerprint density at radius 2 is 0.851 bits per heavy atom. The molecule has 0 rings (SSSR count). The van der Waals surface area contributed by atoms with Gasteiger partial charge in [-0.05, 0) is 97.8 Å². The molecule has 0 amide bonds. The molecule has 0 saturated carbocycles. The van der Waals surface area contributed by atoms with Gasteiger partial charge in [0.1, 0.15) is 12.1 Å². The van der Waals surface area contributed by atoms with E-state index in [2.05, 4.69) is 38.2 Å². The average Bonchev–Trinajstić information content (AvgIpc) is 3.04. The molecule has 2 atom stereocenters. The van der Waals surface area contributed by atoms with E-state index in [1.807, 2.05) is 20.8 Å². The lowest BCUT2D eigenvalue weighted by atomic mass is 10.0. The smallest absolute Gasteiger partial charge is 0.325 e. The Morgan fingerprint density at radius 1 is 0.532 bits per heavy atom. The van der Waals surface area contributed by atoms with E-state index in [4.69, 9.17) is 15.2 Å². The molecule has 0 aromatic heterocycles. The van der Waals surface area contributed by atoms with Crippen molar-refractivity contribution in [1.29, 1.82) is 0 Å². The van der Waals surface area contributed by atoms with Crippen molar-refractivity contribution in [3.8, 4) is 0 Å². The van der Waals surface area contributed by atoms with Crippen molar-refractivity contribution in [1.82, 2.24) is 0 Å². The van der Waals surface area contributed by atoms with Crippen molar-refractivity contribution in [3.63, 3.8) is 0 Å². The Kier molecular flexibility index (Phi) is 33.9. The fourth-order valence-electron chi connectivity index (χ4n) is 5.98. The highest BCUT2D eigenvalue weighted by molar-refractivity contribution is 5.75. The zero-order chi connectivity index (χ0) is 34.7. The molecule has 0 aliphatic rings. The maximum Gasteiger partial charge on any atom is 0.325 e. The Hall–Kier alpha value is -1.13. The number of allylic oxidation sites excluding steroid dienone is 4. The molecule has 0 fully saturated rings. The monoisotopic (exact) mass is 662 g/mol. The van der Waals surface area contributed by atoms with Crippen LogP contribution in [0.1, 0.15) is 221 Å². The van der Waals surface area contributed by atoms with Crippen molar-refractivity contribution in [2.45, 2.75) is 239 Å². The number of carbonyl (C=O) groups is 1. The predicted octanol–water partition coefficient (Wildman–Crippen LogP) is 13.5. The van der Waals surface area contributed by atoms with Gasteiger partial charge in [0.05, 0.1) is 12.2 Å². The van der Waals surface area contributed by atoms with E-state index in [1.54, 1.807) is 0 Å². The molecule has 0 spiro atoms. The van der Waals surface area contributed by atoms with Crippen LogP contribution in [0.2, 0.25) is 0 Å². The second kappa shape index (κ2) is 34.7. The summed E-state index contributed by atoms with van der Waals surface area (Å²) in [7, 11) is 0. The highest BCUT2D eigenvalue weighted by atomic mass is 16.5. The second-order valence-electron chi connectivity index (χ2n) is 15.2. The minimum Gasteiger partial charge on any atom is -0.461 e. The van der Waals surface area contributed by atoms with Gasteiger partial charge >= 0.3 is 5.97 Å². The minimum atomic E-state index is -0.717. The molecule has 0 aromatic rings. The van der Waals surface area contributed by atoms with E-state index in [9.17, 15) is 4.79 Å². The van der Waals surface area contributed by atoms with Gasteiger partial charge in [-0.2, -0.15) is 0 Å². The number of rotatable bonds is 35. The van der Waals surface area contributed by atoms with E-state index in [-0.39, 0.29) is 24.3 Å². The summed E-state index contributed by atoms with van der Waals surface area (Å²) in [5.41, 5.74) is 5.82. The van der Waals surface area contributed by atoms with Crippen LogP contribution in [0.3, 0.4) is 0 Å². The number of hydrogen-bond acceptors (Lipinski definition) is 4. The zero-order valence-electron chi connectivity index (χ0n) is 32.5. The summed E-state index contributed by atoms with van der Waals surface area (Å²) in [4.78, 5) is 12.8. The fourth-order valence-corrected chi connectivity index (χ4v) is 5.98. The molecule has 0 aliphatic heterocycles. The maximum atomic E-state index is 12.8. The third kappa shape index (κ3) is 36.0. The first-order valence-corrected chi connectivity index (χ1v) is 20.7. The van der Waals surface area contributed by atoms with Crippen molar-refractivity contribution < 1.29 is 14.3 Å². The Morgan fingerprint density at radius 3 is 1.19 bits per heavy atom. The molecule has 0 bridgehead atoms. The van der Waals surface area contributed by atoms with Crippen LogP contribution < -0.4 is 5.73 Å². The van der Waals surface area contributed by atoms with Gasteiger partial charge in [0.2, 0.25) is 0 Å². The van der Waals surface area contributed by atoms with Crippen LogP contribution in [0.15, 0.2) is 24.3 Å². The summed E-state index contributed by atoms with van der Waals surface area (Å²) in [5, 5.41) is 0. The zero-order valence-corrected chi connectivity index (χ0v) is 32.5. The normalized spacial score (nSPS) is 13.6. The third-order valence-corrected chi connectivity index (χ3v) is 9.11. The highest BCUT2D eigenvalue weighted by Gasteiger charge is 2.22. The molecule has 4 heteroatoms. The summed E-state index contributed by atoms with van der Waals surface area (Å²) in [6.07, 6.45) is 46.6. The van der Waals surface area contributed by atoms with Gasteiger partial charge in [-0.3, -0.25) is 4.79 Å². The summed E-state index contributed by atoms with van der Waals surface area (Å²) < 4.78 is 11.7. The van der Waals surface area contributed by atoms with Crippen LogP contribution in [-0.2, 0) is 14.3 Å². The first-order valence-electron chi connectivity index (χ1n) is 20.7. The van der Waals surface area contributed by atoms with E-state index in [1.165, 1.54) is 161 Å². The van der Waals surface area contributed by atoms with Crippen LogP contribution in [-0.4, -0.2) is 30.3 Å². The number of ether oxygens (including phenoxy) is 2. The molecule has 0 heterocycles. The summed E-state index contributed by atoms with van der Waals surface area (Å²) in [6.45, 7) is 10.7.